The number of ether oxygens (including phenoxy) is 1. The fourth-order valence-corrected chi connectivity index (χ4v) is 4.53. The van der Waals surface area contributed by atoms with E-state index in [4.69, 9.17) is 4.74 Å². The number of nitrogens with zero attached hydrogens (tertiary/aromatic N) is 4. The second kappa shape index (κ2) is 9.27. The molecule has 0 aliphatic carbocycles. The normalized spacial score (nSPS) is 14.8. The highest BCUT2D eigenvalue weighted by Crippen LogP contribution is 2.34. The molecule has 10 nitrogen and oxygen atoms in total. The van der Waals surface area contributed by atoms with Gasteiger partial charge in [0.25, 0.3) is 11.8 Å². The predicted molar refractivity (Wildman–Crippen MR) is 141 cm³/mol. The molecule has 0 saturated carbocycles. The van der Waals surface area contributed by atoms with Crippen LogP contribution >= 0.6 is 0 Å². The van der Waals surface area contributed by atoms with E-state index in [1.165, 1.54) is 0 Å². The number of hydrogen-bond donors (Lipinski definition) is 2. The number of carbonyl (C=O) groups is 3. The summed E-state index contributed by atoms with van der Waals surface area (Å²) in [6.07, 6.45) is 0.232. The van der Waals surface area contributed by atoms with E-state index in [1.54, 1.807) is 49.9 Å². The molecule has 0 spiro atoms. The van der Waals surface area contributed by atoms with E-state index >= 15 is 0 Å². The molecular formula is C27H30N6O4. The van der Waals surface area contributed by atoms with Crippen LogP contribution in [0.5, 0.6) is 0 Å². The van der Waals surface area contributed by atoms with E-state index in [0.29, 0.717) is 30.2 Å². The molecular weight excluding hydrogens is 472 g/mol. The van der Waals surface area contributed by atoms with Crippen LogP contribution in [0.15, 0.2) is 48.5 Å². The number of hydrogen-bond acceptors (Lipinski definition) is 6. The van der Waals surface area contributed by atoms with Crippen molar-refractivity contribution >= 4 is 40.9 Å². The van der Waals surface area contributed by atoms with Gasteiger partial charge in [0.1, 0.15) is 11.4 Å². The van der Waals surface area contributed by atoms with Gasteiger partial charge in [0.2, 0.25) is 0 Å². The lowest BCUT2D eigenvalue weighted by Gasteiger charge is -2.26. The van der Waals surface area contributed by atoms with Crippen molar-refractivity contribution in [1.29, 1.82) is 0 Å². The van der Waals surface area contributed by atoms with Gasteiger partial charge in [-0.05, 0) is 69.2 Å². The number of nitrogens with one attached hydrogen (secondary N) is 2. The number of fused-ring (bicyclic) bond motifs is 2. The maximum atomic E-state index is 12.9. The summed E-state index contributed by atoms with van der Waals surface area (Å²) in [5.74, 6) is 1.02. The summed E-state index contributed by atoms with van der Waals surface area (Å²) in [6, 6.07) is 14.4. The number of carbonyl (C=O) groups excluding carboxylic acids is 3. The Bertz CT molecular complexity index is 1390. The van der Waals surface area contributed by atoms with Crippen molar-refractivity contribution in [2.75, 3.05) is 35.7 Å². The largest absolute Gasteiger partial charge is 0.444 e. The van der Waals surface area contributed by atoms with Gasteiger partial charge in [-0.15, -0.1) is 0 Å². The number of aromatic nitrogens is 2. The van der Waals surface area contributed by atoms with Crippen molar-refractivity contribution in [2.45, 2.75) is 39.3 Å². The van der Waals surface area contributed by atoms with E-state index in [0.717, 1.165) is 35.6 Å². The molecule has 192 valence electrons. The maximum Gasteiger partial charge on any atom is 0.412 e. The standard InChI is InChI=1S/C27H30N6O4/c1-27(2,3)37-26(36)28-19-7-5-6-18(14-19)24(34)29-22-16-23-32(12-13-33(23)30-22)20-8-9-21-17(15-20)10-11-31(4)25(21)35/h5-9,14-16H,10-13H2,1-4H3,(H,28,36)(H,29,30,34). The fraction of sp³-hybridized carbons (Fsp3) is 0.333. The monoisotopic (exact) mass is 502 g/mol. The Labute approximate surface area is 215 Å². The van der Waals surface area contributed by atoms with Gasteiger partial charge in [-0.1, -0.05) is 6.07 Å². The Balaban J connectivity index is 1.29. The number of amides is 3. The summed E-state index contributed by atoms with van der Waals surface area (Å²) in [6.45, 7) is 7.49. The van der Waals surface area contributed by atoms with E-state index in [1.807, 2.05) is 29.9 Å². The molecule has 3 heterocycles. The highest BCUT2D eigenvalue weighted by atomic mass is 16.6. The third-order valence-corrected chi connectivity index (χ3v) is 6.28. The molecule has 5 rings (SSSR count). The molecule has 0 bridgehead atoms. The Morgan fingerprint density at radius 2 is 1.81 bits per heavy atom. The van der Waals surface area contributed by atoms with Gasteiger partial charge >= 0.3 is 6.09 Å². The summed E-state index contributed by atoms with van der Waals surface area (Å²) in [4.78, 5) is 41.3. The second-order valence-electron chi connectivity index (χ2n) is 10.2. The molecule has 10 heteroatoms. The molecule has 2 N–H and O–H groups in total. The number of likely N-dealkylation sites (N-methyl/N-ethyl adjacent to an activating group) is 1. The van der Waals surface area contributed by atoms with Crippen LogP contribution in [0.25, 0.3) is 0 Å². The Morgan fingerprint density at radius 1 is 1.00 bits per heavy atom. The molecule has 37 heavy (non-hydrogen) atoms. The Kier molecular flexibility index (Phi) is 6.10. The van der Waals surface area contributed by atoms with Gasteiger partial charge in [-0.25, -0.2) is 9.48 Å². The summed E-state index contributed by atoms with van der Waals surface area (Å²) in [7, 11) is 1.82. The minimum absolute atomic E-state index is 0.0506. The van der Waals surface area contributed by atoms with Crippen LogP contribution in [-0.4, -0.2) is 58.3 Å². The summed E-state index contributed by atoms with van der Waals surface area (Å²) < 4.78 is 7.13. The molecule has 0 saturated heterocycles. The fourth-order valence-electron chi connectivity index (χ4n) is 4.53. The number of benzene rings is 2. The highest BCUT2D eigenvalue weighted by Gasteiger charge is 2.27. The van der Waals surface area contributed by atoms with Crippen LogP contribution in [0.1, 0.15) is 47.1 Å². The molecule has 0 atom stereocenters. The van der Waals surface area contributed by atoms with Crippen molar-refractivity contribution in [3.63, 3.8) is 0 Å². The van der Waals surface area contributed by atoms with Crippen LogP contribution in [-0.2, 0) is 17.7 Å². The lowest BCUT2D eigenvalue weighted by Crippen LogP contribution is -2.34. The minimum atomic E-state index is -0.623. The van der Waals surface area contributed by atoms with Gasteiger partial charge in [0, 0.05) is 48.7 Å². The first-order chi connectivity index (χ1) is 17.6. The second-order valence-corrected chi connectivity index (χ2v) is 10.2. The van der Waals surface area contributed by atoms with Crippen LogP contribution in [0, 0.1) is 0 Å². The van der Waals surface area contributed by atoms with Crippen LogP contribution < -0.4 is 15.5 Å². The highest BCUT2D eigenvalue weighted by molar-refractivity contribution is 6.05. The Morgan fingerprint density at radius 3 is 2.59 bits per heavy atom. The minimum Gasteiger partial charge on any atom is -0.444 e. The van der Waals surface area contributed by atoms with E-state index < -0.39 is 11.7 Å². The first-order valence-electron chi connectivity index (χ1n) is 12.2. The predicted octanol–water partition coefficient (Wildman–Crippen LogP) is 4.26. The molecule has 2 aromatic carbocycles. The van der Waals surface area contributed by atoms with Crippen LogP contribution in [0.3, 0.4) is 0 Å². The van der Waals surface area contributed by atoms with Crippen molar-refractivity contribution in [2.24, 2.45) is 0 Å². The smallest absolute Gasteiger partial charge is 0.412 e. The van der Waals surface area contributed by atoms with Gasteiger partial charge in [-0.3, -0.25) is 14.9 Å². The lowest BCUT2D eigenvalue weighted by atomic mass is 9.98. The molecule has 0 fully saturated rings. The van der Waals surface area contributed by atoms with Gasteiger partial charge < -0.3 is 19.9 Å². The topological polar surface area (TPSA) is 109 Å². The third kappa shape index (κ3) is 5.13. The van der Waals surface area contributed by atoms with Crippen LogP contribution in [0.4, 0.5) is 27.8 Å². The van der Waals surface area contributed by atoms with Gasteiger partial charge in [-0.2, -0.15) is 5.10 Å². The molecule has 2 aliphatic rings. The summed E-state index contributed by atoms with van der Waals surface area (Å²) >= 11 is 0. The Hall–Kier alpha value is -4.34. The van der Waals surface area contributed by atoms with Crippen molar-refractivity contribution in [3.05, 3.63) is 65.2 Å². The zero-order chi connectivity index (χ0) is 26.3. The number of rotatable bonds is 4. The molecule has 2 aliphatic heterocycles. The number of anilines is 4. The SMILES string of the molecule is CN1CCc2cc(N3CCn4nc(NC(=O)c5cccc(NC(=O)OC(C)(C)C)c5)cc43)ccc2C1=O. The molecule has 0 radical (unpaired) electrons. The molecule has 3 amide bonds. The first kappa shape index (κ1) is 24.4. The molecule has 3 aromatic rings. The van der Waals surface area contributed by atoms with E-state index in [2.05, 4.69) is 26.7 Å². The summed E-state index contributed by atoms with van der Waals surface area (Å²) in [5.41, 5.74) is 3.00. The average Bonchev–Trinajstić information content (AvgIpc) is 3.40. The molecule has 1 aromatic heterocycles. The zero-order valence-electron chi connectivity index (χ0n) is 21.4. The van der Waals surface area contributed by atoms with E-state index in [9.17, 15) is 14.4 Å². The van der Waals surface area contributed by atoms with E-state index in [-0.39, 0.29) is 11.8 Å². The van der Waals surface area contributed by atoms with Crippen molar-refractivity contribution in [3.8, 4) is 0 Å². The van der Waals surface area contributed by atoms with Gasteiger partial charge in [0.05, 0.1) is 6.54 Å². The van der Waals surface area contributed by atoms with Crippen molar-refractivity contribution < 1.29 is 19.1 Å². The lowest BCUT2D eigenvalue weighted by molar-refractivity contribution is 0.0635. The van der Waals surface area contributed by atoms with Crippen molar-refractivity contribution in [1.82, 2.24) is 14.7 Å². The van der Waals surface area contributed by atoms with Gasteiger partial charge in [0.15, 0.2) is 5.82 Å². The third-order valence-electron chi connectivity index (χ3n) is 6.28. The zero-order valence-corrected chi connectivity index (χ0v) is 21.4. The summed E-state index contributed by atoms with van der Waals surface area (Å²) in [5, 5.41) is 10.0. The molecule has 0 unspecified atom stereocenters. The first-order valence-corrected chi connectivity index (χ1v) is 12.2. The average molecular weight is 503 g/mol. The maximum absolute atomic E-state index is 12.9. The van der Waals surface area contributed by atoms with Crippen LogP contribution in [0.2, 0.25) is 0 Å². The quantitative estimate of drug-likeness (QED) is 0.552.